The van der Waals surface area contributed by atoms with E-state index in [1.54, 1.807) is 0 Å². The molecule has 0 aliphatic carbocycles. The largest absolute Gasteiger partial charge is 0.308 e. The molecule has 0 atom stereocenters. The Balaban J connectivity index is 2.58. The van der Waals surface area contributed by atoms with Gasteiger partial charge in [0.2, 0.25) is 0 Å². The topological polar surface area (TPSA) is 63.8 Å². The van der Waals surface area contributed by atoms with Crippen molar-refractivity contribution in [1.29, 1.82) is 0 Å². The van der Waals surface area contributed by atoms with Gasteiger partial charge in [-0.05, 0) is 47.5 Å². The van der Waals surface area contributed by atoms with Crippen LogP contribution in [0.3, 0.4) is 0 Å². The molecule has 0 unspecified atom stereocenters. The highest BCUT2D eigenvalue weighted by atomic mass is 79.9. The Morgan fingerprint density at radius 2 is 2.11 bits per heavy atom. The average molecular weight is 342 g/mol. The van der Waals surface area contributed by atoms with E-state index in [0.29, 0.717) is 16.7 Å². The van der Waals surface area contributed by atoms with Gasteiger partial charge < -0.3 is 5.43 Å². The summed E-state index contributed by atoms with van der Waals surface area (Å²) >= 11 is 9.46. The van der Waals surface area contributed by atoms with Crippen LogP contribution in [-0.4, -0.2) is 9.97 Å². The zero-order chi connectivity index (χ0) is 14.0. The number of halogens is 2. The normalized spacial score (nSPS) is 10.6. The van der Waals surface area contributed by atoms with Gasteiger partial charge in [-0.25, -0.2) is 15.8 Å². The minimum Gasteiger partial charge on any atom is -0.308 e. The van der Waals surface area contributed by atoms with Gasteiger partial charge in [0, 0.05) is 21.3 Å². The molecule has 0 saturated heterocycles. The van der Waals surface area contributed by atoms with E-state index in [-0.39, 0.29) is 0 Å². The minimum absolute atomic E-state index is 0.616. The van der Waals surface area contributed by atoms with E-state index in [0.717, 1.165) is 27.7 Å². The number of anilines is 1. The van der Waals surface area contributed by atoms with Gasteiger partial charge in [-0.2, -0.15) is 0 Å². The summed E-state index contributed by atoms with van der Waals surface area (Å²) in [6, 6.07) is 5.62. The van der Waals surface area contributed by atoms with Crippen LogP contribution in [0.5, 0.6) is 0 Å². The number of rotatable bonds is 3. The smallest absolute Gasteiger partial charge is 0.161 e. The van der Waals surface area contributed by atoms with E-state index < -0.39 is 0 Å². The molecule has 3 N–H and O–H groups in total. The van der Waals surface area contributed by atoms with E-state index in [1.165, 1.54) is 0 Å². The lowest BCUT2D eigenvalue weighted by molar-refractivity contribution is 0.973. The third kappa shape index (κ3) is 2.88. The van der Waals surface area contributed by atoms with Crippen molar-refractivity contribution in [1.82, 2.24) is 9.97 Å². The summed E-state index contributed by atoms with van der Waals surface area (Å²) in [4.78, 5) is 8.98. The third-order valence-corrected chi connectivity index (χ3v) is 4.13. The lowest BCUT2D eigenvalue weighted by Crippen LogP contribution is -2.13. The van der Waals surface area contributed by atoms with E-state index in [9.17, 15) is 0 Å². The fourth-order valence-electron chi connectivity index (χ4n) is 1.81. The molecule has 1 heterocycles. The Hall–Kier alpha value is -1.17. The first kappa shape index (κ1) is 14.2. The summed E-state index contributed by atoms with van der Waals surface area (Å²) in [5.41, 5.74) is 5.41. The summed E-state index contributed by atoms with van der Waals surface area (Å²) < 4.78 is 0.845. The van der Waals surface area contributed by atoms with Gasteiger partial charge in [0.05, 0.1) is 5.02 Å². The van der Waals surface area contributed by atoms with Crippen LogP contribution >= 0.6 is 27.5 Å². The van der Waals surface area contributed by atoms with Crippen molar-refractivity contribution in [3.63, 3.8) is 0 Å². The van der Waals surface area contributed by atoms with Crippen LogP contribution in [0.2, 0.25) is 5.02 Å². The predicted octanol–water partition coefficient (Wildman–Crippen LogP) is 3.72. The van der Waals surface area contributed by atoms with Crippen molar-refractivity contribution >= 4 is 33.3 Å². The Morgan fingerprint density at radius 1 is 1.37 bits per heavy atom. The molecule has 4 nitrogen and oxygen atoms in total. The molecule has 0 spiro atoms. The molecular formula is C13H14BrClN4. The molecule has 100 valence electrons. The first-order chi connectivity index (χ1) is 9.06. The number of aryl methyl sites for hydroxylation is 1. The van der Waals surface area contributed by atoms with Crippen LogP contribution in [0.25, 0.3) is 11.4 Å². The van der Waals surface area contributed by atoms with Crippen molar-refractivity contribution in [2.45, 2.75) is 20.3 Å². The van der Waals surface area contributed by atoms with Gasteiger partial charge in [0.25, 0.3) is 0 Å². The first-order valence-corrected chi connectivity index (χ1v) is 7.03. The van der Waals surface area contributed by atoms with Crippen LogP contribution in [0.1, 0.15) is 18.2 Å². The molecule has 2 aromatic rings. The zero-order valence-corrected chi connectivity index (χ0v) is 13.0. The second-order valence-electron chi connectivity index (χ2n) is 4.09. The Bertz CT molecular complexity index is 591. The Kier molecular flexibility index (Phi) is 4.39. The van der Waals surface area contributed by atoms with Gasteiger partial charge in [0.1, 0.15) is 5.82 Å². The molecule has 0 aliphatic rings. The maximum Gasteiger partial charge on any atom is 0.161 e. The third-order valence-electron chi connectivity index (χ3n) is 2.90. The molecule has 2 rings (SSSR count). The van der Waals surface area contributed by atoms with Gasteiger partial charge in [0.15, 0.2) is 5.82 Å². The number of hydrazine groups is 1. The maximum atomic E-state index is 6.10. The lowest BCUT2D eigenvalue weighted by atomic mass is 10.1. The highest BCUT2D eigenvalue weighted by Gasteiger charge is 2.11. The number of nitrogens with zero attached hydrogens (tertiary/aromatic N) is 2. The molecule has 6 heteroatoms. The molecule has 0 fully saturated rings. The quantitative estimate of drug-likeness (QED) is 0.660. The number of benzene rings is 1. The van der Waals surface area contributed by atoms with Crippen molar-refractivity contribution in [3.8, 4) is 11.4 Å². The Labute approximate surface area is 125 Å². The summed E-state index contributed by atoms with van der Waals surface area (Å²) in [7, 11) is 0. The number of nitrogens with two attached hydrogens (primary N) is 1. The minimum atomic E-state index is 0.616. The van der Waals surface area contributed by atoms with E-state index in [4.69, 9.17) is 17.4 Å². The Morgan fingerprint density at radius 3 is 2.68 bits per heavy atom. The predicted molar refractivity (Wildman–Crippen MR) is 82.1 cm³/mol. The maximum absolute atomic E-state index is 6.10. The van der Waals surface area contributed by atoms with Gasteiger partial charge in [-0.15, -0.1) is 0 Å². The van der Waals surface area contributed by atoms with Gasteiger partial charge in [-0.3, -0.25) is 0 Å². The van der Waals surface area contributed by atoms with E-state index in [1.807, 2.05) is 32.0 Å². The SMILES string of the molecule is CCc1nc(-c2ccc(Br)c(Cl)c2)nc(NN)c1C. The van der Waals surface area contributed by atoms with E-state index in [2.05, 4.69) is 31.3 Å². The number of nitrogens with one attached hydrogen (secondary N) is 1. The standard InChI is InChI=1S/C13H14BrClN4/c1-3-11-7(2)12(19-16)18-13(17-11)8-4-5-9(14)10(15)6-8/h4-6H,3,16H2,1-2H3,(H,17,18,19). The van der Waals surface area contributed by atoms with Crippen LogP contribution in [0.4, 0.5) is 5.82 Å². The van der Waals surface area contributed by atoms with E-state index >= 15 is 0 Å². The molecule has 19 heavy (non-hydrogen) atoms. The second kappa shape index (κ2) is 5.86. The molecule has 1 aromatic heterocycles. The molecular weight excluding hydrogens is 328 g/mol. The monoisotopic (exact) mass is 340 g/mol. The molecule has 0 aliphatic heterocycles. The van der Waals surface area contributed by atoms with Gasteiger partial charge >= 0.3 is 0 Å². The molecule has 1 aromatic carbocycles. The van der Waals surface area contributed by atoms with Gasteiger partial charge in [-0.1, -0.05) is 18.5 Å². The molecule has 0 saturated carbocycles. The number of aromatic nitrogens is 2. The second-order valence-corrected chi connectivity index (χ2v) is 5.36. The highest BCUT2D eigenvalue weighted by Crippen LogP contribution is 2.28. The van der Waals surface area contributed by atoms with Crippen molar-refractivity contribution in [2.75, 3.05) is 5.43 Å². The highest BCUT2D eigenvalue weighted by molar-refractivity contribution is 9.10. The molecule has 0 amide bonds. The average Bonchev–Trinajstić information content (AvgIpc) is 2.42. The molecule has 0 radical (unpaired) electrons. The fourth-order valence-corrected chi connectivity index (χ4v) is 2.24. The van der Waals surface area contributed by atoms with Crippen LogP contribution in [0.15, 0.2) is 22.7 Å². The van der Waals surface area contributed by atoms with Crippen molar-refractivity contribution in [2.24, 2.45) is 5.84 Å². The number of nitrogen functional groups attached to an aromatic ring is 1. The van der Waals surface area contributed by atoms with Crippen LogP contribution < -0.4 is 11.3 Å². The summed E-state index contributed by atoms with van der Waals surface area (Å²) in [6.07, 6.45) is 0.820. The fraction of sp³-hybridized carbons (Fsp3) is 0.231. The molecule has 0 bridgehead atoms. The summed E-state index contributed by atoms with van der Waals surface area (Å²) in [5, 5.41) is 0.627. The number of hydrogen-bond donors (Lipinski definition) is 2. The lowest BCUT2D eigenvalue weighted by Gasteiger charge is -2.11. The number of hydrogen-bond acceptors (Lipinski definition) is 4. The van der Waals surface area contributed by atoms with Crippen molar-refractivity contribution < 1.29 is 0 Å². The van der Waals surface area contributed by atoms with Crippen molar-refractivity contribution in [3.05, 3.63) is 39.0 Å². The first-order valence-electron chi connectivity index (χ1n) is 5.86. The summed E-state index contributed by atoms with van der Waals surface area (Å²) in [5.74, 6) is 6.76. The zero-order valence-electron chi connectivity index (χ0n) is 10.7. The summed E-state index contributed by atoms with van der Waals surface area (Å²) in [6.45, 7) is 4.00. The van der Waals surface area contributed by atoms with Crippen LogP contribution in [0, 0.1) is 6.92 Å². The van der Waals surface area contributed by atoms with Crippen LogP contribution in [-0.2, 0) is 6.42 Å².